The summed E-state index contributed by atoms with van der Waals surface area (Å²) in [6, 6.07) is 7.78. The summed E-state index contributed by atoms with van der Waals surface area (Å²) in [7, 11) is 0. The number of benzene rings is 1. The normalized spacial score (nSPS) is 12.4. The van der Waals surface area contributed by atoms with Gasteiger partial charge >= 0.3 is 5.97 Å². The Labute approximate surface area is 84.6 Å². The first kappa shape index (κ1) is 10.8. The number of carbonyl (C=O) groups is 1. The summed E-state index contributed by atoms with van der Waals surface area (Å²) in [6.45, 7) is 3.96. The van der Waals surface area contributed by atoms with Gasteiger partial charge in [-0.25, -0.2) is 0 Å². The third-order valence-corrected chi connectivity index (χ3v) is 2.52. The molecule has 1 N–H and O–H groups in total. The summed E-state index contributed by atoms with van der Waals surface area (Å²) < 4.78 is 0. The second-order valence-electron chi connectivity index (χ2n) is 3.35. The van der Waals surface area contributed by atoms with Crippen molar-refractivity contribution in [3.63, 3.8) is 0 Å². The standard InChI is InChI=1S/C12H16O2/c1-3-9-7-5-6-8-11(9)10(4-2)12(13)14/h5-8,10H,3-4H2,1-2H3,(H,13,14). The number of carboxylic acid groups (broad SMARTS) is 1. The number of hydrogen-bond donors (Lipinski definition) is 1. The molecule has 0 aliphatic carbocycles. The Kier molecular flexibility index (Phi) is 3.69. The molecule has 0 radical (unpaired) electrons. The molecular formula is C12H16O2. The van der Waals surface area contributed by atoms with Gasteiger partial charge in [0.15, 0.2) is 0 Å². The molecule has 14 heavy (non-hydrogen) atoms. The smallest absolute Gasteiger partial charge is 0.310 e. The predicted octanol–water partition coefficient (Wildman–Crippen LogP) is 2.83. The highest BCUT2D eigenvalue weighted by molar-refractivity contribution is 5.76. The first-order chi connectivity index (χ1) is 6.70. The minimum atomic E-state index is -0.728. The third kappa shape index (κ3) is 2.13. The maximum atomic E-state index is 11.0. The van der Waals surface area contributed by atoms with Crippen molar-refractivity contribution in [3.8, 4) is 0 Å². The zero-order chi connectivity index (χ0) is 10.6. The summed E-state index contributed by atoms with van der Waals surface area (Å²) in [6.07, 6.45) is 1.53. The maximum absolute atomic E-state index is 11.0. The molecule has 0 aliphatic rings. The molecule has 0 amide bonds. The number of hydrogen-bond acceptors (Lipinski definition) is 1. The SMILES string of the molecule is CCc1ccccc1C(CC)C(=O)O. The molecule has 2 nitrogen and oxygen atoms in total. The molecule has 0 bridgehead atoms. The minimum absolute atomic E-state index is 0.355. The zero-order valence-electron chi connectivity index (χ0n) is 8.66. The summed E-state index contributed by atoms with van der Waals surface area (Å²) in [5, 5.41) is 9.05. The highest BCUT2D eigenvalue weighted by atomic mass is 16.4. The van der Waals surface area contributed by atoms with Crippen molar-refractivity contribution in [1.82, 2.24) is 0 Å². The second-order valence-corrected chi connectivity index (χ2v) is 3.35. The monoisotopic (exact) mass is 192 g/mol. The molecule has 2 heteroatoms. The minimum Gasteiger partial charge on any atom is -0.481 e. The number of aliphatic carboxylic acids is 1. The Morgan fingerprint density at radius 1 is 1.36 bits per heavy atom. The molecule has 0 saturated heterocycles. The Morgan fingerprint density at radius 3 is 2.50 bits per heavy atom. The van der Waals surface area contributed by atoms with Gasteiger partial charge in [-0.1, -0.05) is 38.1 Å². The quantitative estimate of drug-likeness (QED) is 0.796. The van der Waals surface area contributed by atoms with Gasteiger partial charge in [0.25, 0.3) is 0 Å². The van der Waals surface area contributed by atoms with Crippen molar-refractivity contribution in [2.24, 2.45) is 0 Å². The fraction of sp³-hybridized carbons (Fsp3) is 0.417. The van der Waals surface area contributed by atoms with E-state index >= 15 is 0 Å². The molecule has 0 aromatic heterocycles. The maximum Gasteiger partial charge on any atom is 0.310 e. The van der Waals surface area contributed by atoms with E-state index in [1.165, 1.54) is 0 Å². The Balaban J connectivity index is 3.08. The van der Waals surface area contributed by atoms with E-state index in [0.29, 0.717) is 6.42 Å². The molecule has 0 spiro atoms. The van der Waals surface area contributed by atoms with Crippen LogP contribution in [0.4, 0.5) is 0 Å². The van der Waals surface area contributed by atoms with E-state index in [9.17, 15) is 4.79 Å². The third-order valence-electron chi connectivity index (χ3n) is 2.52. The van der Waals surface area contributed by atoms with Gasteiger partial charge in [0.2, 0.25) is 0 Å². The Bertz CT molecular complexity index is 318. The van der Waals surface area contributed by atoms with Crippen LogP contribution in [-0.4, -0.2) is 11.1 Å². The highest BCUT2D eigenvalue weighted by Gasteiger charge is 2.19. The van der Waals surface area contributed by atoms with Gasteiger partial charge in [-0.2, -0.15) is 0 Å². The molecule has 0 fully saturated rings. The molecule has 76 valence electrons. The van der Waals surface area contributed by atoms with Crippen LogP contribution >= 0.6 is 0 Å². The second kappa shape index (κ2) is 4.80. The summed E-state index contributed by atoms with van der Waals surface area (Å²) in [5.41, 5.74) is 2.10. The van der Waals surface area contributed by atoms with Gasteiger partial charge in [0.1, 0.15) is 0 Å². The van der Waals surface area contributed by atoms with Crippen LogP contribution in [0.5, 0.6) is 0 Å². The van der Waals surface area contributed by atoms with Crippen molar-refractivity contribution >= 4 is 5.97 Å². The van der Waals surface area contributed by atoms with E-state index in [4.69, 9.17) is 5.11 Å². The lowest BCUT2D eigenvalue weighted by molar-refractivity contribution is -0.138. The first-order valence-electron chi connectivity index (χ1n) is 5.01. The van der Waals surface area contributed by atoms with Gasteiger partial charge < -0.3 is 5.11 Å². The van der Waals surface area contributed by atoms with Crippen LogP contribution in [-0.2, 0) is 11.2 Å². The number of rotatable bonds is 4. The van der Waals surface area contributed by atoms with Crippen LogP contribution in [0, 0.1) is 0 Å². The zero-order valence-corrected chi connectivity index (χ0v) is 8.66. The molecule has 1 aromatic carbocycles. The van der Waals surface area contributed by atoms with Gasteiger partial charge in [-0.3, -0.25) is 4.79 Å². The molecule has 1 rings (SSSR count). The lowest BCUT2D eigenvalue weighted by Crippen LogP contribution is -2.12. The molecule has 1 unspecified atom stereocenters. The average Bonchev–Trinajstić information content (AvgIpc) is 2.19. The van der Waals surface area contributed by atoms with Crippen LogP contribution < -0.4 is 0 Å². The predicted molar refractivity (Wildman–Crippen MR) is 56.5 cm³/mol. The fourth-order valence-electron chi connectivity index (χ4n) is 1.72. The van der Waals surface area contributed by atoms with Gasteiger partial charge in [0.05, 0.1) is 5.92 Å². The summed E-state index contributed by atoms with van der Waals surface area (Å²) in [5.74, 6) is -1.08. The molecule has 0 heterocycles. The van der Waals surface area contributed by atoms with Crippen LogP contribution in [0.2, 0.25) is 0 Å². The van der Waals surface area contributed by atoms with Crippen LogP contribution in [0.3, 0.4) is 0 Å². The van der Waals surface area contributed by atoms with E-state index in [-0.39, 0.29) is 5.92 Å². The van der Waals surface area contributed by atoms with Crippen molar-refractivity contribution < 1.29 is 9.90 Å². The molecular weight excluding hydrogens is 176 g/mol. The highest BCUT2D eigenvalue weighted by Crippen LogP contribution is 2.23. The van der Waals surface area contributed by atoms with E-state index in [0.717, 1.165) is 17.5 Å². The van der Waals surface area contributed by atoms with E-state index in [1.54, 1.807) is 0 Å². The van der Waals surface area contributed by atoms with Gasteiger partial charge in [-0.05, 0) is 24.0 Å². The van der Waals surface area contributed by atoms with Crippen molar-refractivity contribution in [2.75, 3.05) is 0 Å². The van der Waals surface area contributed by atoms with E-state index < -0.39 is 5.97 Å². The van der Waals surface area contributed by atoms with E-state index in [2.05, 4.69) is 0 Å². The topological polar surface area (TPSA) is 37.3 Å². The average molecular weight is 192 g/mol. The summed E-state index contributed by atoms with van der Waals surface area (Å²) >= 11 is 0. The van der Waals surface area contributed by atoms with Crippen molar-refractivity contribution in [1.29, 1.82) is 0 Å². The molecule has 1 atom stereocenters. The lowest BCUT2D eigenvalue weighted by Gasteiger charge is -2.13. The van der Waals surface area contributed by atoms with Crippen LogP contribution in [0.1, 0.15) is 37.3 Å². The van der Waals surface area contributed by atoms with Crippen LogP contribution in [0.15, 0.2) is 24.3 Å². The number of aryl methyl sites for hydroxylation is 1. The summed E-state index contributed by atoms with van der Waals surface area (Å²) in [4.78, 5) is 11.0. The van der Waals surface area contributed by atoms with Crippen LogP contribution in [0.25, 0.3) is 0 Å². The lowest BCUT2D eigenvalue weighted by atomic mass is 9.91. The number of carboxylic acids is 1. The van der Waals surface area contributed by atoms with Gasteiger partial charge in [-0.15, -0.1) is 0 Å². The van der Waals surface area contributed by atoms with Gasteiger partial charge in [0, 0.05) is 0 Å². The molecule has 1 aromatic rings. The Morgan fingerprint density at radius 2 is 2.00 bits per heavy atom. The largest absolute Gasteiger partial charge is 0.481 e. The molecule has 0 saturated carbocycles. The van der Waals surface area contributed by atoms with Crippen molar-refractivity contribution in [3.05, 3.63) is 35.4 Å². The van der Waals surface area contributed by atoms with E-state index in [1.807, 2.05) is 38.1 Å². The fourth-order valence-corrected chi connectivity index (χ4v) is 1.72. The first-order valence-corrected chi connectivity index (χ1v) is 5.01. The molecule has 0 aliphatic heterocycles. The van der Waals surface area contributed by atoms with Crippen molar-refractivity contribution in [2.45, 2.75) is 32.6 Å². The Hall–Kier alpha value is -1.31.